The maximum absolute atomic E-state index is 6.80. The third-order valence-electron chi connectivity index (χ3n) is 9.02. The molecule has 0 amide bonds. The number of anilines is 1. The molecule has 224 valence electrons. The van der Waals surface area contributed by atoms with Crippen LogP contribution < -0.4 is 9.64 Å². The Bertz CT molecular complexity index is 1340. The van der Waals surface area contributed by atoms with E-state index in [-0.39, 0.29) is 11.1 Å². The lowest BCUT2D eigenvalue weighted by atomic mass is 10.0. The molecule has 0 spiro atoms. The number of ether oxygens (including phenoxy) is 2. The Balaban J connectivity index is 1.49. The van der Waals surface area contributed by atoms with Gasteiger partial charge in [-0.25, -0.2) is 4.98 Å². The van der Waals surface area contributed by atoms with Crippen LogP contribution in [0.3, 0.4) is 0 Å². The molecule has 1 unspecified atom stereocenters. The molecule has 0 bridgehead atoms. The molecule has 1 aliphatic carbocycles. The number of fused-ring (bicyclic) bond motifs is 1. The van der Waals surface area contributed by atoms with Crippen LogP contribution in [0.2, 0.25) is 18.1 Å². The molecular weight excluding hydrogens is 528 g/mol. The molecule has 41 heavy (non-hydrogen) atoms. The molecule has 3 heterocycles. The average Bonchev–Trinajstić information content (AvgIpc) is 3.69. The predicted molar refractivity (Wildman–Crippen MR) is 170 cm³/mol. The normalized spacial score (nSPS) is 17.4. The third kappa shape index (κ3) is 6.81. The number of benzene rings is 1. The van der Waals surface area contributed by atoms with Gasteiger partial charge in [0.05, 0.1) is 31.2 Å². The zero-order valence-electron chi connectivity index (χ0n) is 26.5. The smallest absolute Gasteiger partial charge is 0.192 e. The number of hydrogen-bond acceptors (Lipinski definition) is 6. The van der Waals surface area contributed by atoms with Crippen molar-refractivity contribution in [2.45, 2.75) is 103 Å². The van der Waals surface area contributed by atoms with E-state index in [9.17, 15) is 0 Å². The number of morpholine rings is 1. The molecule has 5 rings (SSSR count). The van der Waals surface area contributed by atoms with Gasteiger partial charge in [-0.1, -0.05) is 48.0 Å². The summed E-state index contributed by atoms with van der Waals surface area (Å²) in [6.07, 6.45) is 6.63. The molecule has 2 fully saturated rings. The van der Waals surface area contributed by atoms with Crippen molar-refractivity contribution in [2.75, 3.05) is 37.8 Å². The average molecular weight is 579 g/mol. The Morgan fingerprint density at radius 1 is 1.07 bits per heavy atom. The van der Waals surface area contributed by atoms with Gasteiger partial charge in [-0.2, -0.15) is 9.61 Å². The van der Waals surface area contributed by atoms with Gasteiger partial charge in [0, 0.05) is 30.3 Å². The molecular formula is C33H50N4O3Si. The largest absolute Gasteiger partial charge is 0.491 e. The highest BCUT2D eigenvalue weighted by molar-refractivity contribution is 6.74. The first-order valence-corrected chi connectivity index (χ1v) is 18.5. The Labute approximate surface area is 247 Å². The molecule has 8 heteroatoms. The van der Waals surface area contributed by atoms with Crippen LogP contribution in [-0.2, 0) is 9.16 Å². The third-order valence-corrected chi connectivity index (χ3v) is 13.6. The van der Waals surface area contributed by atoms with E-state index < -0.39 is 8.32 Å². The Hall–Kier alpha value is -2.42. The highest BCUT2D eigenvalue weighted by Gasteiger charge is 2.39. The van der Waals surface area contributed by atoms with Crippen LogP contribution in [0, 0.1) is 0 Å². The molecule has 0 N–H and O–H groups in total. The van der Waals surface area contributed by atoms with Gasteiger partial charge in [-0.05, 0) is 73.0 Å². The van der Waals surface area contributed by atoms with Gasteiger partial charge < -0.3 is 18.8 Å². The standard InChI is InChI=1S/C33H50N4O3Si/c1-9-10-27(40-41(7,8)33(4,5)6)22-39-28-18-25(24-11-12-24)17-26(19-28)30-20-31(36-13-15-38-16-14-36)37-32(35-30)29(21-34-37)23(2)3/h17-21,23-24,27H,9-16,22H2,1-8H3. The number of rotatable bonds is 11. The molecule has 1 atom stereocenters. The summed E-state index contributed by atoms with van der Waals surface area (Å²) in [5.74, 6) is 2.93. The van der Waals surface area contributed by atoms with Crippen LogP contribution >= 0.6 is 0 Å². The number of aromatic nitrogens is 3. The molecule has 2 aromatic heterocycles. The Morgan fingerprint density at radius 2 is 1.80 bits per heavy atom. The van der Waals surface area contributed by atoms with Crippen molar-refractivity contribution >= 4 is 19.8 Å². The number of nitrogens with zero attached hydrogens (tertiary/aromatic N) is 4. The zero-order chi connectivity index (χ0) is 29.4. The molecule has 3 aromatic rings. The lowest BCUT2D eigenvalue weighted by Crippen LogP contribution is -2.45. The zero-order valence-corrected chi connectivity index (χ0v) is 27.5. The van der Waals surface area contributed by atoms with Gasteiger partial charge in [-0.15, -0.1) is 0 Å². The SMILES string of the molecule is CCCC(COc1cc(-c2cc(N3CCOCC3)n3ncc(C(C)C)c3n2)cc(C2CC2)c1)O[Si](C)(C)C(C)(C)C. The van der Waals surface area contributed by atoms with Crippen LogP contribution in [-0.4, -0.2) is 61.9 Å². The van der Waals surface area contributed by atoms with Crippen LogP contribution in [0.1, 0.15) is 90.2 Å². The lowest BCUT2D eigenvalue weighted by Gasteiger charge is -2.39. The molecule has 1 saturated heterocycles. The Morgan fingerprint density at radius 3 is 2.44 bits per heavy atom. The van der Waals surface area contributed by atoms with E-state index in [1.165, 1.54) is 24.0 Å². The van der Waals surface area contributed by atoms with Gasteiger partial charge in [0.2, 0.25) is 0 Å². The van der Waals surface area contributed by atoms with Gasteiger partial charge in [0.25, 0.3) is 0 Å². The van der Waals surface area contributed by atoms with E-state index in [0.717, 1.165) is 67.6 Å². The first-order chi connectivity index (χ1) is 19.5. The van der Waals surface area contributed by atoms with Crippen LogP contribution in [0.4, 0.5) is 5.82 Å². The van der Waals surface area contributed by atoms with Crippen LogP contribution in [0.25, 0.3) is 16.9 Å². The monoisotopic (exact) mass is 578 g/mol. The van der Waals surface area contributed by atoms with E-state index in [1.54, 1.807) is 0 Å². The van der Waals surface area contributed by atoms with Crippen LogP contribution in [0.5, 0.6) is 5.75 Å². The van der Waals surface area contributed by atoms with Crippen molar-refractivity contribution in [2.24, 2.45) is 0 Å². The minimum atomic E-state index is -1.89. The van der Waals surface area contributed by atoms with E-state index in [0.29, 0.717) is 18.4 Å². The summed E-state index contributed by atoms with van der Waals surface area (Å²) in [7, 11) is -1.89. The van der Waals surface area contributed by atoms with E-state index in [2.05, 4.69) is 83.8 Å². The fourth-order valence-electron chi connectivity index (χ4n) is 5.32. The quantitative estimate of drug-likeness (QED) is 0.216. The summed E-state index contributed by atoms with van der Waals surface area (Å²) in [5.41, 5.74) is 5.53. The van der Waals surface area contributed by atoms with Crippen molar-refractivity contribution in [3.8, 4) is 17.0 Å². The molecule has 2 aliphatic rings. The second kappa shape index (κ2) is 12.1. The predicted octanol–water partition coefficient (Wildman–Crippen LogP) is 7.80. The first-order valence-electron chi connectivity index (χ1n) is 15.6. The van der Waals surface area contributed by atoms with Crippen LogP contribution in [0.15, 0.2) is 30.5 Å². The van der Waals surface area contributed by atoms with Gasteiger partial charge >= 0.3 is 0 Å². The van der Waals surface area contributed by atoms with Crippen molar-refractivity contribution < 1.29 is 13.9 Å². The maximum atomic E-state index is 6.80. The van der Waals surface area contributed by atoms with E-state index >= 15 is 0 Å². The summed E-state index contributed by atoms with van der Waals surface area (Å²) in [6.45, 7) is 21.9. The molecule has 1 saturated carbocycles. The Kier molecular flexibility index (Phi) is 8.84. The van der Waals surface area contributed by atoms with Crippen molar-refractivity contribution in [3.05, 3.63) is 41.6 Å². The fourth-order valence-corrected chi connectivity index (χ4v) is 6.70. The number of hydrogen-bond donors (Lipinski definition) is 0. The molecule has 1 aromatic carbocycles. The topological polar surface area (TPSA) is 61.1 Å². The highest BCUT2D eigenvalue weighted by atomic mass is 28.4. The lowest BCUT2D eigenvalue weighted by molar-refractivity contribution is 0.107. The highest BCUT2D eigenvalue weighted by Crippen LogP contribution is 2.43. The second-order valence-corrected chi connectivity index (χ2v) is 18.5. The van der Waals surface area contributed by atoms with Gasteiger partial charge in [0.1, 0.15) is 18.2 Å². The minimum absolute atomic E-state index is 0.0942. The fraction of sp³-hybridized carbons (Fsp3) is 0.636. The second-order valence-electron chi connectivity index (χ2n) is 13.8. The van der Waals surface area contributed by atoms with E-state index in [4.69, 9.17) is 24.0 Å². The minimum Gasteiger partial charge on any atom is -0.491 e. The summed E-state index contributed by atoms with van der Waals surface area (Å²) in [4.78, 5) is 7.58. The van der Waals surface area contributed by atoms with Gasteiger partial charge in [-0.3, -0.25) is 0 Å². The molecule has 0 radical (unpaired) electrons. The molecule has 1 aliphatic heterocycles. The summed E-state index contributed by atoms with van der Waals surface area (Å²) < 4.78 is 21.0. The van der Waals surface area contributed by atoms with Crippen molar-refractivity contribution in [3.63, 3.8) is 0 Å². The van der Waals surface area contributed by atoms with Crippen molar-refractivity contribution in [1.29, 1.82) is 0 Å². The first kappa shape index (κ1) is 30.0. The summed E-state index contributed by atoms with van der Waals surface area (Å²) in [5, 5.41) is 4.94. The molecule has 7 nitrogen and oxygen atoms in total. The summed E-state index contributed by atoms with van der Waals surface area (Å²) in [6, 6.07) is 8.95. The van der Waals surface area contributed by atoms with E-state index in [1.807, 2.05) is 10.7 Å². The maximum Gasteiger partial charge on any atom is 0.192 e. The van der Waals surface area contributed by atoms with Gasteiger partial charge in [0.15, 0.2) is 14.0 Å². The van der Waals surface area contributed by atoms with Crippen molar-refractivity contribution in [1.82, 2.24) is 14.6 Å². The summed E-state index contributed by atoms with van der Waals surface area (Å²) >= 11 is 0.